The van der Waals surface area contributed by atoms with E-state index in [1.807, 2.05) is 0 Å². The molecule has 3 amide bonds. The number of amides is 3. The number of thioether (sulfide) groups is 1. The molecule has 16 nitrogen and oxygen atoms in total. The van der Waals surface area contributed by atoms with E-state index in [4.69, 9.17) is 22.3 Å². The van der Waals surface area contributed by atoms with E-state index >= 15 is 0 Å². The van der Waals surface area contributed by atoms with Crippen LogP contribution in [0.5, 0.6) is 0 Å². The number of aromatic amines is 1. The first-order valence-corrected chi connectivity index (χ1v) is 13.5. The Kier molecular flexibility index (Phi) is 15.0. The Balaban J connectivity index is 3.02. The average Bonchev–Trinajstić information content (AvgIpc) is 3.38. The Labute approximate surface area is 229 Å². The van der Waals surface area contributed by atoms with E-state index in [1.165, 1.54) is 24.3 Å². The lowest BCUT2D eigenvalue weighted by Gasteiger charge is -2.25. The van der Waals surface area contributed by atoms with Gasteiger partial charge in [0, 0.05) is 31.3 Å². The van der Waals surface area contributed by atoms with E-state index < -0.39 is 60.2 Å². The molecule has 0 fully saturated rings. The largest absolute Gasteiger partial charge is 0.481 e. The molecule has 0 bridgehead atoms. The molecule has 0 saturated carbocycles. The molecule has 0 aliphatic heterocycles. The third-order valence-electron chi connectivity index (χ3n) is 5.41. The highest BCUT2D eigenvalue weighted by Gasteiger charge is 2.30. The molecule has 0 aromatic carbocycles. The minimum absolute atomic E-state index is 0.0299. The zero-order chi connectivity index (χ0) is 29.4. The highest BCUT2D eigenvalue weighted by atomic mass is 32.2. The Morgan fingerprint density at radius 2 is 1.62 bits per heavy atom. The Hall–Kier alpha value is -3.86. The maximum Gasteiger partial charge on any atom is 0.326 e. The second-order valence-corrected chi connectivity index (χ2v) is 9.56. The lowest BCUT2D eigenvalue weighted by Crippen LogP contribution is -2.57. The monoisotopic (exact) mass is 571 g/mol. The fraction of sp³-hybridized carbons (Fsp3) is 0.591. The van der Waals surface area contributed by atoms with E-state index in [0.29, 0.717) is 11.4 Å². The van der Waals surface area contributed by atoms with Crippen molar-refractivity contribution in [3.8, 4) is 0 Å². The number of carboxylic acid groups (broad SMARTS) is 2. The van der Waals surface area contributed by atoms with Gasteiger partial charge in [0.2, 0.25) is 17.7 Å². The summed E-state index contributed by atoms with van der Waals surface area (Å²) in [6, 6.07) is -4.81. The Bertz CT molecular complexity index is 987. The molecule has 0 saturated heterocycles. The number of aliphatic carboxylic acids is 2. The van der Waals surface area contributed by atoms with Crippen LogP contribution in [0, 0.1) is 0 Å². The minimum atomic E-state index is -1.33. The maximum atomic E-state index is 13.1. The van der Waals surface area contributed by atoms with Crippen LogP contribution in [0.4, 0.5) is 0 Å². The number of hydrogen-bond donors (Lipinski definition) is 9. The van der Waals surface area contributed by atoms with Crippen molar-refractivity contribution in [3.63, 3.8) is 0 Å². The first-order chi connectivity index (χ1) is 18.4. The van der Waals surface area contributed by atoms with Crippen molar-refractivity contribution in [1.82, 2.24) is 25.9 Å². The van der Waals surface area contributed by atoms with Gasteiger partial charge in [-0.1, -0.05) is 0 Å². The third-order valence-corrected chi connectivity index (χ3v) is 6.06. The zero-order valence-electron chi connectivity index (χ0n) is 21.6. The lowest BCUT2D eigenvalue weighted by molar-refractivity contribution is -0.142. The van der Waals surface area contributed by atoms with E-state index in [1.54, 1.807) is 6.26 Å². The van der Waals surface area contributed by atoms with Crippen LogP contribution < -0.4 is 33.2 Å². The first kappa shape index (κ1) is 33.2. The van der Waals surface area contributed by atoms with Gasteiger partial charge in [0.05, 0.1) is 12.4 Å². The van der Waals surface area contributed by atoms with Gasteiger partial charge in [0.1, 0.15) is 18.1 Å². The summed E-state index contributed by atoms with van der Waals surface area (Å²) >= 11 is 1.41. The number of aromatic nitrogens is 2. The van der Waals surface area contributed by atoms with Crippen LogP contribution in [0.2, 0.25) is 0 Å². The van der Waals surface area contributed by atoms with Crippen LogP contribution >= 0.6 is 11.8 Å². The number of imidazole rings is 1. The molecular formula is C22H37N9O7S. The van der Waals surface area contributed by atoms with Crippen LogP contribution in [0.15, 0.2) is 17.5 Å². The fourth-order valence-corrected chi connectivity index (χ4v) is 3.82. The summed E-state index contributed by atoms with van der Waals surface area (Å²) < 4.78 is 0. The minimum Gasteiger partial charge on any atom is -0.481 e. The van der Waals surface area contributed by atoms with Crippen molar-refractivity contribution in [2.75, 3.05) is 18.6 Å². The number of carboxylic acids is 2. The quantitative estimate of drug-likeness (QED) is 0.0473. The number of nitrogens with zero attached hydrogens (tertiary/aromatic N) is 2. The summed E-state index contributed by atoms with van der Waals surface area (Å²) in [5.74, 6) is -4.44. The summed E-state index contributed by atoms with van der Waals surface area (Å²) in [6.07, 6.45) is 4.48. The van der Waals surface area contributed by atoms with Gasteiger partial charge in [-0.15, -0.1) is 0 Å². The SMILES string of the molecule is CSCCC(NC(=O)C(CCCN=C(N)N)NC(=O)C(CCC(=O)O)NC(=O)C(N)Cc1cnc[nH]1)C(=O)O. The smallest absolute Gasteiger partial charge is 0.326 e. The van der Waals surface area contributed by atoms with Crippen molar-refractivity contribution in [1.29, 1.82) is 0 Å². The molecular weight excluding hydrogens is 534 g/mol. The third kappa shape index (κ3) is 13.5. The molecule has 1 heterocycles. The number of H-pyrrole nitrogens is 1. The number of carbonyl (C=O) groups excluding carboxylic acids is 3. The number of guanidine groups is 1. The molecule has 12 N–H and O–H groups in total. The summed E-state index contributed by atoms with van der Waals surface area (Å²) in [5.41, 5.74) is 17.1. The molecule has 1 aromatic heterocycles. The van der Waals surface area contributed by atoms with Gasteiger partial charge >= 0.3 is 11.9 Å². The second kappa shape index (κ2) is 17.6. The van der Waals surface area contributed by atoms with Gasteiger partial charge in [-0.2, -0.15) is 11.8 Å². The van der Waals surface area contributed by atoms with Crippen molar-refractivity contribution < 1.29 is 34.2 Å². The number of hydrogen-bond acceptors (Lipinski definition) is 9. The molecule has 1 rings (SSSR count). The number of rotatable bonds is 19. The Morgan fingerprint density at radius 3 is 2.15 bits per heavy atom. The van der Waals surface area contributed by atoms with E-state index in [-0.39, 0.29) is 44.6 Å². The molecule has 0 aliphatic rings. The maximum absolute atomic E-state index is 13.1. The molecule has 4 atom stereocenters. The highest BCUT2D eigenvalue weighted by Crippen LogP contribution is 2.07. The molecule has 1 aromatic rings. The first-order valence-electron chi connectivity index (χ1n) is 12.1. The van der Waals surface area contributed by atoms with Crippen molar-refractivity contribution in [3.05, 3.63) is 18.2 Å². The molecule has 0 aliphatic carbocycles. The summed E-state index contributed by atoms with van der Waals surface area (Å²) in [5, 5.41) is 25.9. The summed E-state index contributed by atoms with van der Waals surface area (Å²) in [7, 11) is 0. The number of nitrogens with one attached hydrogen (secondary N) is 4. The lowest BCUT2D eigenvalue weighted by atomic mass is 10.1. The average molecular weight is 572 g/mol. The van der Waals surface area contributed by atoms with E-state index in [2.05, 4.69) is 30.9 Å². The van der Waals surface area contributed by atoms with Gasteiger partial charge in [0.15, 0.2) is 5.96 Å². The van der Waals surface area contributed by atoms with Gasteiger partial charge in [-0.05, 0) is 37.7 Å². The molecule has 39 heavy (non-hydrogen) atoms. The number of aliphatic imine (C=N–C) groups is 1. The van der Waals surface area contributed by atoms with Gasteiger partial charge < -0.3 is 48.3 Å². The molecule has 0 spiro atoms. The molecule has 218 valence electrons. The van der Waals surface area contributed by atoms with Gasteiger partial charge in [0.25, 0.3) is 0 Å². The summed E-state index contributed by atoms with van der Waals surface area (Å²) in [4.78, 5) is 72.0. The van der Waals surface area contributed by atoms with E-state index in [9.17, 15) is 29.1 Å². The predicted octanol–water partition coefficient (Wildman–Crippen LogP) is -2.51. The normalized spacial score (nSPS) is 13.8. The van der Waals surface area contributed by atoms with Crippen molar-refractivity contribution in [2.24, 2.45) is 22.2 Å². The molecule has 4 unspecified atom stereocenters. The van der Waals surface area contributed by atoms with Crippen LogP contribution in [-0.4, -0.2) is 98.5 Å². The van der Waals surface area contributed by atoms with Crippen LogP contribution in [-0.2, 0) is 30.4 Å². The van der Waals surface area contributed by atoms with Crippen LogP contribution in [0.1, 0.15) is 37.8 Å². The summed E-state index contributed by atoms with van der Waals surface area (Å²) in [6.45, 7) is 0.137. The number of nitrogens with two attached hydrogens (primary N) is 3. The van der Waals surface area contributed by atoms with Crippen LogP contribution in [0.3, 0.4) is 0 Å². The van der Waals surface area contributed by atoms with Crippen molar-refractivity contribution in [2.45, 2.75) is 62.7 Å². The van der Waals surface area contributed by atoms with Crippen molar-refractivity contribution >= 4 is 47.4 Å². The standard InChI is InChI=1S/C22H37N9O7S/c1-39-8-6-16(21(37)38)31-19(35)14(3-2-7-27-22(24)25)30-20(36)15(4-5-17(32)33)29-18(34)13(23)9-12-10-26-11-28-12/h10-11,13-16H,2-9,23H2,1H3,(H,26,28)(H,29,34)(H,30,36)(H,31,35)(H,32,33)(H,37,38)(H4,24,25,27). The highest BCUT2D eigenvalue weighted by molar-refractivity contribution is 7.98. The van der Waals surface area contributed by atoms with Gasteiger partial charge in [-0.25, -0.2) is 9.78 Å². The fourth-order valence-electron chi connectivity index (χ4n) is 3.35. The number of carbonyl (C=O) groups is 5. The zero-order valence-corrected chi connectivity index (χ0v) is 22.4. The topological polar surface area (TPSA) is 281 Å². The molecule has 0 radical (unpaired) electrons. The second-order valence-electron chi connectivity index (χ2n) is 8.57. The van der Waals surface area contributed by atoms with Crippen LogP contribution in [0.25, 0.3) is 0 Å². The Morgan fingerprint density at radius 1 is 1.00 bits per heavy atom. The molecule has 17 heteroatoms. The predicted molar refractivity (Wildman–Crippen MR) is 143 cm³/mol. The van der Waals surface area contributed by atoms with Gasteiger partial charge in [-0.3, -0.25) is 24.2 Å². The van der Waals surface area contributed by atoms with E-state index in [0.717, 1.165) is 0 Å².